The van der Waals surface area contributed by atoms with E-state index in [2.05, 4.69) is 108 Å². The highest BCUT2D eigenvalue weighted by Crippen LogP contribution is 2.28. The first-order valence-electron chi connectivity index (χ1n) is 9.21. The van der Waals surface area contributed by atoms with Crippen LogP contribution in [-0.4, -0.2) is 4.98 Å². The van der Waals surface area contributed by atoms with Gasteiger partial charge in [0, 0.05) is 16.6 Å². The van der Waals surface area contributed by atoms with E-state index in [1.165, 1.54) is 38.7 Å². The van der Waals surface area contributed by atoms with Crippen LogP contribution in [-0.2, 0) is 0 Å². The molecular formula is C26H19N. The van der Waals surface area contributed by atoms with Crippen molar-refractivity contribution in [1.82, 2.24) is 4.98 Å². The van der Waals surface area contributed by atoms with Gasteiger partial charge >= 0.3 is 0 Å². The van der Waals surface area contributed by atoms with E-state index >= 15 is 0 Å². The van der Waals surface area contributed by atoms with Gasteiger partial charge in [-0.15, -0.1) is 0 Å². The Hall–Kier alpha value is -3.58. The molecule has 0 amide bonds. The van der Waals surface area contributed by atoms with E-state index in [0.29, 0.717) is 0 Å². The molecule has 1 heterocycles. The summed E-state index contributed by atoms with van der Waals surface area (Å²) in [6.45, 7) is 0. The first-order chi connectivity index (χ1) is 13.4. The first kappa shape index (κ1) is 15.7. The summed E-state index contributed by atoms with van der Waals surface area (Å²) in [7, 11) is 0. The van der Waals surface area contributed by atoms with Gasteiger partial charge in [-0.3, -0.25) is 0 Å². The predicted molar refractivity (Wildman–Crippen MR) is 115 cm³/mol. The fourth-order valence-electron chi connectivity index (χ4n) is 3.56. The molecule has 1 N–H and O–H groups in total. The summed E-state index contributed by atoms with van der Waals surface area (Å²) in [4.78, 5) is 3.50. The number of benzene rings is 4. The largest absolute Gasteiger partial charge is 0.355 e. The molecule has 0 atom stereocenters. The number of para-hydroxylation sites is 1. The number of aromatic amines is 1. The molecule has 4 aromatic carbocycles. The molecule has 5 rings (SSSR count). The van der Waals surface area contributed by atoms with Gasteiger partial charge in [-0.1, -0.05) is 97.1 Å². The molecule has 5 aromatic rings. The van der Waals surface area contributed by atoms with E-state index in [4.69, 9.17) is 0 Å². The van der Waals surface area contributed by atoms with Crippen LogP contribution in [0.15, 0.2) is 109 Å². The molecule has 0 fully saturated rings. The van der Waals surface area contributed by atoms with Crippen molar-refractivity contribution in [3.63, 3.8) is 0 Å². The van der Waals surface area contributed by atoms with Crippen LogP contribution in [0.1, 0.15) is 0 Å². The minimum absolute atomic E-state index is 1.15. The Bertz CT molecular complexity index is 1150. The van der Waals surface area contributed by atoms with Gasteiger partial charge in [-0.2, -0.15) is 0 Å². The fraction of sp³-hybridized carbons (Fsp3) is 0. The average Bonchev–Trinajstić information content (AvgIpc) is 3.19. The number of nitrogens with one attached hydrogen (secondary N) is 1. The highest BCUT2D eigenvalue weighted by atomic mass is 14.7. The zero-order valence-electron chi connectivity index (χ0n) is 14.9. The summed E-state index contributed by atoms with van der Waals surface area (Å²) < 4.78 is 0. The Balaban J connectivity index is 1.43. The number of aromatic nitrogens is 1. The van der Waals surface area contributed by atoms with Crippen molar-refractivity contribution >= 4 is 10.9 Å². The highest BCUT2D eigenvalue weighted by Gasteiger charge is 2.04. The standard InChI is InChI=1S/C26H19N/c1-2-6-19(7-3-1)20-10-12-21(13-11-20)22-14-16-23(17-15-22)26-18-24-8-4-5-9-25(24)27-26/h1-18,27H. The molecular weight excluding hydrogens is 326 g/mol. The molecule has 0 spiro atoms. The minimum atomic E-state index is 1.15. The second kappa shape index (κ2) is 6.62. The average molecular weight is 345 g/mol. The van der Waals surface area contributed by atoms with Gasteiger partial charge < -0.3 is 4.98 Å². The second-order valence-corrected chi connectivity index (χ2v) is 6.79. The van der Waals surface area contributed by atoms with Crippen LogP contribution in [0.5, 0.6) is 0 Å². The highest BCUT2D eigenvalue weighted by molar-refractivity contribution is 5.86. The lowest BCUT2D eigenvalue weighted by Crippen LogP contribution is -1.82. The number of H-pyrrole nitrogens is 1. The third-order valence-corrected chi connectivity index (χ3v) is 5.05. The van der Waals surface area contributed by atoms with Gasteiger partial charge in [0.05, 0.1) is 0 Å². The monoisotopic (exact) mass is 345 g/mol. The molecule has 128 valence electrons. The molecule has 0 radical (unpaired) electrons. The number of hydrogen-bond donors (Lipinski definition) is 1. The SMILES string of the molecule is c1ccc(-c2ccc(-c3ccc(-c4cc5ccccc5[nH]4)cc3)cc2)cc1. The predicted octanol–water partition coefficient (Wildman–Crippen LogP) is 7.17. The molecule has 0 aliphatic heterocycles. The van der Waals surface area contributed by atoms with Gasteiger partial charge in [0.25, 0.3) is 0 Å². The smallest absolute Gasteiger partial charge is 0.0464 e. The Morgan fingerprint density at radius 1 is 0.407 bits per heavy atom. The van der Waals surface area contributed by atoms with Crippen molar-refractivity contribution in [3.8, 4) is 33.5 Å². The summed E-state index contributed by atoms with van der Waals surface area (Å²) in [6.07, 6.45) is 0. The van der Waals surface area contributed by atoms with Crippen molar-refractivity contribution in [1.29, 1.82) is 0 Å². The molecule has 27 heavy (non-hydrogen) atoms. The van der Waals surface area contributed by atoms with Crippen molar-refractivity contribution in [2.75, 3.05) is 0 Å². The summed E-state index contributed by atoms with van der Waals surface area (Å²) in [5, 5.41) is 1.24. The van der Waals surface area contributed by atoms with Gasteiger partial charge in [-0.25, -0.2) is 0 Å². The van der Waals surface area contributed by atoms with Crippen molar-refractivity contribution < 1.29 is 0 Å². The third kappa shape index (κ3) is 3.04. The van der Waals surface area contributed by atoms with Crippen molar-refractivity contribution in [2.45, 2.75) is 0 Å². The summed E-state index contributed by atoms with van der Waals surface area (Å²) in [6, 6.07) is 38.6. The lowest BCUT2D eigenvalue weighted by molar-refractivity contribution is 1.45. The lowest BCUT2D eigenvalue weighted by Gasteiger charge is -2.06. The number of hydrogen-bond acceptors (Lipinski definition) is 0. The van der Waals surface area contributed by atoms with Crippen molar-refractivity contribution in [3.05, 3.63) is 109 Å². The summed E-state index contributed by atoms with van der Waals surface area (Å²) >= 11 is 0. The first-order valence-corrected chi connectivity index (χ1v) is 9.21. The maximum absolute atomic E-state index is 3.50. The number of fused-ring (bicyclic) bond motifs is 1. The Labute approximate surface area is 158 Å². The molecule has 1 aromatic heterocycles. The van der Waals surface area contributed by atoms with E-state index in [-0.39, 0.29) is 0 Å². The third-order valence-electron chi connectivity index (χ3n) is 5.05. The van der Waals surface area contributed by atoms with Crippen LogP contribution in [0.25, 0.3) is 44.4 Å². The maximum Gasteiger partial charge on any atom is 0.0464 e. The molecule has 0 bridgehead atoms. The molecule has 0 aliphatic carbocycles. The molecule has 1 nitrogen and oxygen atoms in total. The number of rotatable bonds is 3. The molecule has 0 saturated carbocycles. The summed E-state index contributed by atoms with van der Waals surface area (Å²) in [5.41, 5.74) is 8.49. The zero-order chi connectivity index (χ0) is 18.1. The van der Waals surface area contributed by atoms with Crippen LogP contribution >= 0.6 is 0 Å². The van der Waals surface area contributed by atoms with E-state index in [9.17, 15) is 0 Å². The topological polar surface area (TPSA) is 15.8 Å². The van der Waals surface area contributed by atoms with Crippen LogP contribution < -0.4 is 0 Å². The van der Waals surface area contributed by atoms with Crippen molar-refractivity contribution in [2.24, 2.45) is 0 Å². The normalized spacial score (nSPS) is 11.0. The molecule has 0 unspecified atom stereocenters. The van der Waals surface area contributed by atoms with Crippen LogP contribution in [0.3, 0.4) is 0 Å². The zero-order valence-corrected chi connectivity index (χ0v) is 14.9. The molecule has 1 heteroatoms. The minimum Gasteiger partial charge on any atom is -0.355 e. The van der Waals surface area contributed by atoms with Gasteiger partial charge in [0.15, 0.2) is 0 Å². The van der Waals surface area contributed by atoms with Gasteiger partial charge in [-0.05, 0) is 39.9 Å². The van der Waals surface area contributed by atoms with E-state index in [1.54, 1.807) is 0 Å². The Morgan fingerprint density at radius 3 is 1.48 bits per heavy atom. The summed E-state index contributed by atoms with van der Waals surface area (Å²) in [5.74, 6) is 0. The molecule has 0 saturated heterocycles. The van der Waals surface area contributed by atoms with E-state index in [1.807, 2.05) is 6.07 Å². The van der Waals surface area contributed by atoms with E-state index < -0.39 is 0 Å². The Kier molecular flexibility index (Phi) is 3.84. The lowest BCUT2D eigenvalue weighted by atomic mass is 9.99. The second-order valence-electron chi connectivity index (χ2n) is 6.79. The van der Waals surface area contributed by atoms with Gasteiger partial charge in [0.1, 0.15) is 0 Å². The van der Waals surface area contributed by atoms with Crippen LogP contribution in [0, 0.1) is 0 Å². The maximum atomic E-state index is 3.50. The van der Waals surface area contributed by atoms with Crippen LogP contribution in [0.2, 0.25) is 0 Å². The Morgan fingerprint density at radius 2 is 0.889 bits per heavy atom. The van der Waals surface area contributed by atoms with Crippen LogP contribution in [0.4, 0.5) is 0 Å². The van der Waals surface area contributed by atoms with Gasteiger partial charge in [0.2, 0.25) is 0 Å². The quantitative estimate of drug-likeness (QED) is 0.357. The van der Waals surface area contributed by atoms with E-state index in [0.717, 1.165) is 5.69 Å². The molecule has 0 aliphatic rings. The fourth-order valence-corrected chi connectivity index (χ4v) is 3.56.